The van der Waals surface area contributed by atoms with Crippen LogP contribution in [0, 0.1) is 12.1 Å². The van der Waals surface area contributed by atoms with E-state index in [0.29, 0.717) is 27.1 Å². The first-order valence-electron chi connectivity index (χ1n) is 3.46. The minimum Gasteiger partial charge on any atom is -0.375 e. The molecule has 0 unspecified atom stereocenters. The highest BCUT2D eigenvalue weighted by Gasteiger charge is 2.18. The molecule has 0 amide bonds. The number of nitrogens with zero attached hydrogens (tertiary/aromatic N) is 3. The summed E-state index contributed by atoms with van der Waals surface area (Å²) in [5.41, 5.74) is 6.82. The van der Waals surface area contributed by atoms with Gasteiger partial charge in [0.1, 0.15) is 5.69 Å². The molecule has 2 rings (SSSR count). The average molecular weight is 279 g/mol. The predicted molar refractivity (Wildman–Crippen MR) is 56.0 cm³/mol. The summed E-state index contributed by atoms with van der Waals surface area (Å²) in [4.78, 5) is 4.31. The van der Waals surface area contributed by atoms with Crippen LogP contribution in [0.15, 0.2) is 10.0 Å². The van der Waals surface area contributed by atoms with Crippen molar-refractivity contribution in [3.63, 3.8) is 0 Å². The molecule has 0 bridgehead atoms. The summed E-state index contributed by atoms with van der Waals surface area (Å²) in [6.45, 7) is 1.61. The molecule has 0 aliphatic rings. The molecule has 76 valence electrons. The van der Waals surface area contributed by atoms with Crippen molar-refractivity contribution < 1.29 is 9.53 Å². The summed E-state index contributed by atoms with van der Waals surface area (Å²) in [6, 6.07) is 0. The third-order valence-corrected chi connectivity index (χ3v) is 2.26. The van der Waals surface area contributed by atoms with Crippen molar-refractivity contribution in [1.82, 2.24) is 10.1 Å². The molecule has 0 radical (unpaired) electrons. The van der Waals surface area contributed by atoms with Gasteiger partial charge in [0.15, 0.2) is 5.13 Å². The summed E-state index contributed by atoms with van der Waals surface area (Å²) in [6.07, 6.45) is 0. The fourth-order valence-corrected chi connectivity index (χ4v) is 1.47. The van der Waals surface area contributed by atoms with Gasteiger partial charge in [0.25, 0.3) is 5.69 Å². The second kappa shape index (κ2) is 3.93. The lowest BCUT2D eigenvalue weighted by Crippen LogP contribution is -2.25. The number of rotatable bonds is 1. The van der Waals surface area contributed by atoms with Gasteiger partial charge >= 0.3 is 0 Å². The number of thiazole rings is 1. The highest BCUT2D eigenvalue weighted by Crippen LogP contribution is 2.22. The topological polar surface area (TPSA) is 91.9 Å². The normalized spacial score (nSPS) is 9.79. The van der Waals surface area contributed by atoms with E-state index in [0.717, 1.165) is 0 Å². The SMILES string of the molecule is Br.Cc1c(-c2csc(N)n2)no[n+]1[O-]. The highest BCUT2D eigenvalue weighted by atomic mass is 79.9. The maximum atomic E-state index is 10.9. The lowest BCUT2D eigenvalue weighted by molar-refractivity contribution is -0.806. The first kappa shape index (κ1) is 10.9. The quantitative estimate of drug-likeness (QED) is 0.783. The molecule has 0 aromatic carbocycles. The van der Waals surface area contributed by atoms with Gasteiger partial charge in [-0.25, -0.2) is 4.98 Å². The molecule has 8 heteroatoms. The van der Waals surface area contributed by atoms with Crippen molar-refractivity contribution >= 4 is 33.4 Å². The van der Waals surface area contributed by atoms with Gasteiger partial charge in [0, 0.05) is 17.5 Å². The Labute approximate surface area is 93.7 Å². The van der Waals surface area contributed by atoms with E-state index in [1.807, 2.05) is 0 Å². The number of hydrogen-bond acceptors (Lipinski definition) is 6. The highest BCUT2D eigenvalue weighted by molar-refractivity contribution is 8.93. The third kappa shape index (κ3) is 1.70. The smallest absolute Gasteiger partial charge is 0.270 e. The molecule has 0 atom stereocenters. The Morgan fingerprint density at radius 2 is 2.36 bits per heavy atom. The molecule has 2 aromatic heterocycles. The van der Waals surface area contributed by atoms with E-state index >= 15 is 0 Å². The van der Waals surface area contributed by atoms with Crippen LogP contribution >= 0.6 is 28.3 Å². The lowest BCUT2D eigenvalue weighted by atomic mass is 10.3. The van der Waals surface area contributed by atoms with Crippen molar-refractivity contribution in [2.75, 3.05) is 5.73 Å². The van der Waals surface area contributed by atoms with Gasteiger partial charge in [-0.05, 0) is 4.90 Å². The van der Waals surface area contributed by atoms with E-state index in [-0.39, 0.29) is 17.0 Å². The molecule has 2 N–H and O–H groups in total. The van der Waals surface area contributed by atoms with Crippen LogP contribution in [-0.4, -0.2) is 10.1 Å². The van der Waals surface area contributed by atoms with Gasteiger partial charge in [-0.3, -0.25) is 4.63 Å². The molecule has 0 saturated carbocycles. The van der Waals surface area contributed by atoms with Crippen LogP contribution in [0.2, 0.25) is 0 Å². The van der Waals surface area contributed by atoms with E-state index in [1.54, 1.807) is 12.3 Å². The van der Waals surface area contributed by atoms with Crippen LogP contribution in [0.4, 0.5) is 5.13 Å². The van der Waals surface area contributed by atoms with Crippen LogP contribution in [0.1, 0.15) is 5.69 Å². The number of nitrogen functional groups attached to an aromatic ring is 1. The first-order chi connectivity index (χ1) is 6.18. The zero-order valence-electron chi connectivity index (χ0n) is 7.13. The summed E-state index contributed by atoms with van der Waals surface area (Å²) < 4.78 is 4.39. The molecular weight excluding hydrogens is 272 g/mol. The second-order valence-corrected chi connectivity index (χ2v) is 3.32. The zero-order valence-corrected chi connectivity index (χ0v) is 9.66. The minimum atomic E-state index is 0. The van der Waals surface area contributed by atoms with E-state index in [2.05, 4.69) is 14.8 Å². The van der Waals surface area contributed by atoms with Crippen molar-refractivity contribution in [1.29, 1.82) is 0 Å². The second-order valence-electron chi connectivity index (χ2n) is 2.44. The maximum absolute atomic E-state index is 10.9. The zero-order chi connectivity index (χ0) is 9.42. The average Bonchev–Trinajstić information content (AvgIpc) is 2.62. The first-order valence-corrected chi connectivity index (χ1v) is 4.34. The van der Waals surface area contributed by atoms with E-state index in [1.165, 1.54) is 11.3 Å². The molecule has 2 heterocycles. The Balaban J connectivity index is 0.000000980. The summed E-state index contributed by atoms with van der Waals surface area (Å²) in [7, 11) is 0. The fourth-order valence-electron chi connectivity index (χ4n) is 0.920. The van der Waals surface area contributed by atoms with Gasteiger partial charge in [0.05, 0.1) is 0 Å². The predicted octanol–water partition coefficient (Wildman–Crippen LogP) is 0.900. The van der Waals surface area contributed by atoms with Crippen LogP contribution in [0.3, 0.4) is 0 Å². The van der Waals surface area contributed by atoms with Crippen molar-refractivity contribution in [3.8, 4) is 11.4 Å². The number of hydrogen-bond donors (Lipinski definition) is 1. The van der Waals surface area contributed by atoms with Crippen LogP contribution < -0.4 is 10.6 Å². The molecule has 0 fully saturated rings. The molecule has 14 heavy (non-hydrogen) atoms. The fraction of sp³-hybridized carbons (Fsp3) is 0.167. The maximum Gasteiger partial charge on any atom is 0.270 e. The number of halogens is 1. The molecule has 0 aliphatic heterocycles. The van der Waals surface area contributed by atoms with Crippen LogP contribution in [-0.2, 0) is 0 Å². The molecule has 0 saturated heterocycles. The monoisotopic (exact) mass is 278 g/mol. The van der Waals surface area contributed by atoms with Gasteiger partial charge in [-0.2, -0.15) is 0 Å². The Morgan fingerprint density at radius 1 is 1.64 bits per heavy atom. The largest absolute Gasteiger partial charge is 0.375 e. The molecule has 0 spiro atoms. The van der Waals surface area contributed by atoms with Gasteiger partial charge < -0.3 is 10.9 Å². The van der Waals surface area contributed by atoms with Gasteiger partial charge in [0.2, 0.25) is 5.69 Å². The van der Waals surface area contributed by atoms with E-state index < -0.39 is 0 Å². The van der Waals surface area contributed by atoms with Crippen LogP contribution in [0.5, 0.6) is 0 Å². The molecular formula is C6H7BrN4O2S. The van der Waals surface area contributed by atoms with E-state index in [9.17, 15) is 5.21 Å². The summed E-state index contributed by atoms with van der Waals surface area (Å²) in [5, 5.41) is 16.6. The third-order valence-electron chi connectivity index (χ3n) is 1.59. The van der Waals surface area contributed by atoms with Gasteiger partial charge in [-0.1, -0.05) is 0 Å². The standard InChI is InChI=1S/C6H6N4O2S.BrH/c1-3-5(9-12-10(3)11)4-2-13-6(7)8-4;/h2H,1H3,(H2,7,8);1H. The molecule has 6 nitrogen and oxygen atoms in total. The Morgan fingerprint density at radius 3 is 2.79 bits per heavy atom. The van der Waals surface area contributed by atoms with Gasteiger partial charge in [-0.15, -0.1) is 28.3 Å². The Bertz CT molecular complexity index is 441. The molecule has 0 aliphatic carbocycles. The molecule has 2 aromatic rings. The van der Waals surface area contributed by atoms with Crippen molar-refractivity contribution in [2.45, 2.75) is 6.92 Å². The van der Waals surface area contributed by atoms with E-state index in [4.69, 9.17) is 5.73 Å². The number of aromatic nitrogens is 3. The Hall–Kier alpha value is -1.15. The summed E-state index contributed by atoms with van der Waals surface area (Å²) >= 11 is 1.29. The van der Waals surface area contributed by atoms with Crippen molar-refractivity contribution in [2.24, 2.45) is 0 Å². The Kier molecular flexibility index (Phi) is 3.06. The minimum absolute atomic E-state index is 0. The number of anilines is 1. The number of nitrogens with two attached hydrogens (primary N) is 1. The summed E-state index contributed by atoms with van der Waals surface area (Å²) in [5.74, 6) is 0. The van der Waals surface area contributed by atoms with Crippen molar-refractivity contribution in [3.05, 3.63) is 16.3 Å². The lowest BCUT2D eigenvalue weighted by Gasteiger charge is -1.85. The van der Waals surface area contributed by atoms with Crippen LogP contribution in [0.25, 0.3) is 11.4 Å².